The Hall–Kier alpha value is -1.48. The summed E-state index contributed by atoms with van der Waals surface area (Å²) >= 11 is 0. The molecule has 3 heteroatoms. The van der Waals surface area contributed by atoms with Gasteiger partial charge in [-0.2, -0.15) is 0 Å². The van der Waals surface area contributed by atoms with Gasteiger partial charge < -0.3 is 14.6 Å². The Morgan fingerprint density at radius 2 is 2.25 bits per heavy atom. The van der Waals surface area contributed by atoms with Crippen molar-refractivity contribution in [1.29, 1.82) is 0 Å². The summed E-state index contributed by atoms with van der Waals surface area (Å²) in [7, 11) is 0. The molecule has 0 bridgehead atoms. The highest BCUT2D eigenvalue weighted by Crippen LogP contribution is 2.36. The molecule has 0 saturated carbocycles. The van der Waals surface area contributed by atoms with Gasteiger partial charge >= 0.3 is 0 Å². The van der Waals surface area contributed by atoms with Gasteiger partial charge in [-0.3, -0.25) is 0 Å². The van der Waals surface area contributed by atoms with E-state index in [1.54, 1.807) is 0 Å². The van der Waals surface area contributed by atoms with Gasteiger partial charge in [0.15, 0.2) is 0 Å². The molecular weight excluding hydrogens is 252 g/mol. The van der Waals surface area contributed by atoms with Crippen molar-refractivity contribution in [2.75, 3.05) is 13.2 Å². The van der Waals surface area contributed by atoms with Crippen molar-refractivity contribution >= 4 is 6.08 Å². The second kappa shape index (κ2) is 6.31. The highest BCUT2D eigenvalue weighted by Gasteiger charge is 2.21. The number of hydrogen-bond donors (Lipinski definition) is 1. The van der Waals surface area contributed by atoms with Crippen LogP contribution >= 0.6 is 0 Å². The van der Waals surface area contributed by atoms with E-state index in [1.807, 2.05) is 19.1 Å². The van der Waals surface area contributed by atoms with Gasteiger partial charge in [-0.1, -0.05) is 13.8 Å². The molecule has 20 heavy (non-hydrogen) atoms. The molecule has 0 aromatic heterocycles. The van der Waals surface area contributed by atoms with Crippen molar-refractivity contribution in [3.63, 3.8) is 0 Å². The van der Waals surface area contributed by atoms with Crippen LogP contribution in [-0.4, -0.2) is 24.4 Å². The highest BCUT2D eigenvalue weighted by atomic mass is 16.5. The Morgan fingerprint density at radius 1 is 1.50 bits per heavy atom. The Kier molecular flexibility index (Phi) is 4.71. The molecule has 2 rings (SSSR count). The van der Waals surface area contributed by atoms with E-state index in [1.165, 1.54) is 5.56 Å². The molecule has 1 aliphatic rings. The van der Waals surface area contributed by atoms with Crippen LogP contribution in [0.25, 0.3) is 6.08 Å². The van der Waals surface area contributed by atoms with E-state index in [0.29, 0.717) is 12.5 Å². The number of benzene rings is 1. The molecule has 0 aliphatic carbocycles. The molecule has 0 amide bonds. The zero-order valence-electron chi connectivity index (χ0n) is 12.8. The van der Waals surface area contributed by atoms with Crippen LogP contribution in [0.5, 0.6) is 11.5 Å². The average molecular weight is 276 g/mol. The van der Waals surface area contributed by atoms with Crippen LogP contribution in [0, 0.1) is 5.92 Å². The zero-order chi connectivity index (χ0) is 14.7. The first kappa shape index (κ1) is 14.9. The quantitative estimate of drug-likeness (QED) is 0.895. The van der Waals surface area contributed by atoms with Crippen molar-refractivity contribution in [2.45, 2.75) is 40.2 Å². The first-order valence-corrected chi connectivity index (χ1v) is 7.32. The summed E-state index contributed by atoms with van der Waals surface area (Å²) in [5.74, 6) is 2.12. The Balaban J connectivity index is 2.43. The molecule has 0 radical (unpaired) electrons. The fourth-order valence-electron chi connectivity index (χ4n) is 2.44. The maximum Gasteiger partial charge on any atom is 0.127 e. The first-order chi connectivity index (χ1) is 9.55. The van der Waals surface area contributed by atoms with Gasteiger partial charge in [-0.05, 0) is 43.5 Å². The van der Waals surface area contributed by atoms with E-state index in [9.17, 15) is 5.11 Å². The molecule has 1 aliphatic heterocycles. The lowest BCUT2D eigenvalue weighted by atomic mass is 9.99. The number of ether oxygens (including phenoxy) is 2. The number of aliphatic hydroxyl groups excluding tert-OH is 1. The van der Waals surface area contributed by atoms with Crippen LogP contribution in [0.2, 0.25) is 0 Å². The van der Waals surface area contributed by atoms with Gasteiger partial charge in [-0.25, -0.2) is 0 Å². The maximum absolute atomic E-state index is 9.47. The van der Waals surface area contributed by atoms with Crippen LogP contribution in [-0.2, 0) is 6.42 Å². The van der Waals surface area contributed by atoms with Crippen LogP contribution in [0.15, 0.2) is 17.7 Å². The number of aliphatic hydroxyl groups is 1. The molecule has 0 fully saturated rings. The summed E-state index contributed by atoms with van der Waals surface area (Å²) in [5.41, 5.74) is 3.18. The van der Waals surface area contributed by atoms with Gasteiger partial charge in [-0.15, -0.1) is 0 Å². The average Bonchev–Trinajstić information content (AvgIpc) is 2.74. The predicted molar refractivity (Wildman–Crippen MR) is 81.3 cm³/mol. The van der Waals surface area contributed by atoms with Crippen LogP contribution in [0.3, 0.4) is 0 Å². The van der Waals surface area contributed by atoms with Gasteiger partial charge in [0.25, 0.3) is 0 Å². The minimum absolute atomic E-state index is 0.0670. The summed E-state index contributed by atoms with van der Waals surface area (Å²) in [5, 5.41) is 9.47. The van der Waals surface area contributed by atoms with E-state index in [0.717, 1.165) is 29.1 Å². The molecule has 1 N–H and O–H groups in total. The minimum Gasteiger partial charge on any atom is -0.493 e. The van der Waals surface area contributed by atoms with E-state index in [-0.39, 0.29) is 12.7 Å². The van der Waals surface area contributed by atoms with Gasteiger partial charge in [0.05, 0.1) is 13.2 Å². The summed E-state index contributed by atoms with van der Waals surface area (Å²) in [6, 6.07) is 4.10. The highest BCUT2D eigenvalue weighted by molar-refractivity contribution is 5.64. The molecule has 110 valence electrons. The fraction of sp³-hybridized carbons (Fsp3) is 0.529. The van der Waals surface area contributed by atoms with Gasteiger partial charge in [0, 0.05) is 17.5 Å². The molecule has 1 aromatic rings. The van der Waals surface area contributed by atoms with Crippen molar-refractivity contribution in [3.8, 4) is 11.5 Å². The number of fused-ring (bicyclic) bond motifs is 1. The summed E-state index contributed by atoms with van der Waals surface area (Å²) in [4.78, 5) is 0. The SMILES string of the molecule is CCOc1cc2c(cc1C=C(CO)C(C)C)OC(C)C2. The second-order valence-electron chi connectivity index (χ2n) is 5.60. The standard InChI is InChI=1S/C17H24O3/c1-5-19-16-8-13-6-12(4)20-17(13)9-14(16)7-15(10-18)11(2)3/h7-9,11-12,18H,5-6,10H2,1-4H3. The molecule has 1 unspecified atom stereocenters. The summed E-state index contributed by atoms with van der Waals surface area (Å²) in [6.45, 7) is 8.91. The van der Waals surface area contributed by atoms with Crippen molar-refractivity contribution in [3.05, 3.63) is 28.8 Å². The van der Waals surface area contributed by atoms with Gasteiger partial charge in [0.1, 0.15) is 17.6 Å². The molecule has 0 spiro atoms. The van der Waals surface area contributed by atoms with Crippen molar-refractivity contribution < 1.29 is 14.6 Å². The number of rotatable bonds is 5. The first-order valence-electron chi connectivity index (χ1n) is 7.32. The van der Waals surface area contributed by atoms with E-state index >= 15 is 0 Å². The smallest absolute Gasteiger partial charge is 0.127 e. The van der Waals surface area contributed by atoms with Crippen molar-refractivity contribution in [2.24, 2.45) is 5.92 Å². The van der Waals surface area contributed by atoms with Crippen molar-refractivity contribution in [1.82, 2.24) is 0 Å². The molecule has 1 heterocycles. The van der Waals surface area contributed by atoms with E-state index in [2.05, 4.69) is 26.8 Å². The minimum atomic E-state index is 0.0670. The Labute approximate surface area is 121 Å². The van der Waals surface area contributed by atoms with Crippen LogP contribution < -0.4 is 9.47 Å². The van der Waals surface area contributed by atoms with Crippen LogP contribution in [0.1, 0.15) is 38.8 Å². The fourth-order valence-corrected chi connectivity index (χ4v) is 2.44. The Morgan fingerprint density at radius 3 is 2.85 bits per heavy atom. The van der Waals surface area contributed by atoms with E-state index < -0.39 is 0 Å². The maximum atomic E-state index is 9.47. The lowest BCUT2D eigenvalue weighted by Crippen LogP contribution is -2.05. The topological polar surface area (TPSA) is 38.7 Å². The van der Waals surface area contributed by atoms with E-state index in [4.69, 9.17) is 9.47 Å². The number of hydrogen-bond acceptors (Lipinski definition) is 3. The zero-order valence-corrected chi connectivity index (χ0v) is 12.8. The largest absolute Gasteiger partial charge is 0.493 e. The normalized spacial score (nSPS) is 18.1. The third kappa shape index (κ3) is 3.15. The summed E-state index contributed by atoms with van der Waals surface area (Å²) < 4.78 is 11.5. The molecule has 1 atom stereocenters. The molecule has 1 aromatic carbocycles. The monoisotopic (exact) mass is 276 g/mol. The molecular formula is C17H24O3. The Bertz CT molecular complexity index is 503. The summed E-state index contributed by atoms with van der Waals surface area (Å²) in [6.07, 6.45) is 3.17. The van der Waals surface area contributed by atoms with Crippen LogP contribution in [0.4, 0.5) is 0 Å². The third-order valence-electron chi connectivity index (χ3n) is 3.59. The molecule has 3 nitrogen and oxygen atoms in total. The predicted octanol–water partition coefficient (Wildman–Crippen LogP) is 3.44. The molecule has 0 saturated heterocycles. The lowest BCUT2D eigenvalue weighted by Gasteiger charge is -2.13. The van der Waals surface area contributed by atoms with Gasteiger partial charge in [0.2, 0.25) is 0 Å². The third-order valence-corrected chi connectivity index (χ3v) is 3.59. The lowest BCUT2D eigenvalue weighted by molar-refractivity contribution is 0.254. The second-order valence-corrected chi connectivity index (χ2v) is 5.60.